The van der Waals surface area contributed by atoms with Crippen LogP contribution in [0.3, 0.4) is 0 Å². The van der Waals surface area contributed by atoms with Crippen LogP contribution in [0.5, 0.6) is 17.2 Å². The van der Waals surface area contributed by atoms with Gasteiger partial charge in [0.2, 0.25) is 6.79 Å². The monoisotopic (exact) mass is 340 g/mol. The van der Waals surface area contributed by atoms with Crippen molar-refractivity contribution in [2.45, 2.75) is 19.9 Å². The van der Waals surface area contributed by atoms with Crippen molar-refractivity contribution in [3.8, 4) is 17.2 Å². The van der Waals surface area contributed by atoms with Crippen molar-refractivity contribution in [1.82, 2.24) is 4.90 Å². The van der Waals surface area contributed by atoms with Gasteiger partial charge in [-0.25, -0.2) is 4.79 Å². The first-order valence-corrected chi connectivity index (χ1v) is 8.36. The number of hydrogen-bond acceptors (Lipinski definition) is 4. The Kier molecular flexibility index (Phi) is 3.87. The van der Waals surface area contributed by atoms with Crippen LogP contribution in [0.1, 0.15) is 17.5 Å². The van der Waals surface area contributed by atoms with E-state index in [-0.39, 0.29) is 18.6 Å². The SMILES string of the molecule is Cc1cc(N2CCCN(Cc3ccc4c(c3)OCO4)C2=O)ccc1O. The van der Waals surface area contributed by atoms with Crippen molar-refractivity contribution in [2.75, 3.05) is 24.8 Å². The number of nitrogens with zero attached hydrogens (tertiary/aromatic N) is 2. The molecule has 1 saturated heterocycles. The van der Waals surface area contributed by atoms with Gasteiger partial charge in [0.25, 0.3) is 0 Å². The summed E-state index contributed by atoms with van der Waals surface area (Å²) in [5, 5.41) is 9.70. The van der Waals surface area contributed by atoms with Gasteiger partial charge in [-0.15, -0.1) is 0 Å². The Morgan fingerprint density at radius 2 is 1.92 bits per heavy atom. The minimum atomic E-state index is -0.0194. The summed E-state index contributed by atoms with van der Waals surface area (Å²) in [6, 6.07) is 11.0. The summed E-state index contributed by atoms with van der Waals surface area (Å²) in [7, 11) is 0. The summed E-state index contributed by atoms with van der Waals surface area (Å²) in [5.41, 5.74) is 2.59. The van der Waals surface area contributed by atoms with Gasteiger partial charge in [0.1, 0.15) is 5.75 Å². The zero-order chi connectivity index (χ0) is 17.4. The summed E-state index contributed by atoms with van der Waals surface area (Å²) in [4.78, 5) is 16.5. The second-order valence-electron chi connectivity index (χ2n) is 6.37. The Hall–Kier alpha value is -2.89. The van der Waals surface area contributed by atoms with Crippen LogP contribution < -0.4 is 14.4 Å². The molecule has 0 aromatic heterocycles. The number of aryl methyl sites for hydroxylation is 1. The lowest BCUT2D eigenvalue weighted by Crippen LogP contribution is -2.49. The number of amides is 2. The van der Waals surface area contributed by atoms with Gasteiger partial charge < -0.3 is 19.5 Å². The predicted molar refractivity (Wildman–Crippen MR) is 93.2 cm³/mol. The molecule has 2 aliphatic rings. The molecule has 0 radical (unpaired) electrons. The van der Waals surface area contributed by atoms with Gasteiger partial charge in [0.15, 0.2) is 11.5 Å². The van der Waals surface area contributed by atoms with Gasteiger partial charge in [-0.3, -0.25) is 4.90 Å². The highest BCUT2D eigenvalue weighted by Crippen LogP contribution is 2.33. The minimum absolute atomic E-state index is 0.0194. The summed E-state index contributed by atoms with van der Waals surface area (Å²) in [6.07, 6.45) is 0.899. The van der Waals surface area contributed by atoms with Crippen LogP contribution in [0, 0.1) is 6.92 Å². The molecule has 0 aliphatic carbocycles. The Bertz CT molecular complexity index is 821. The van der Waals surface area contributed by atoms with Gasteiger partial charge in [0, 0.05) is 25.3 Å². The molecule has 0 atom stereocenters. The third kappa shape index (κ3) is 2.95. The second kappa shape index (κ2) is 6.20. The fraction of sp³-hybridized carbons (Fsp3) is 0.316. The first-order chi connectivity index (χ1) is 12.1. The van der Waals surface area contributed by atoms with E-state index in [9.17, 15) is 9.90 Å². The molecule has 130 valence electrons. The smallest absolute Gasteiger partial charge is 0.324 e. The average Bonchev–Trinajstić information content (AvgIpc) is 3.07. The van der Waals surface area contributed by atoms with Crippen LogP contribution in [0.15, 0.2) is 36.4 Å². The number of phenols is 1. The first kappa shape index (κ1) is 15.6. The Morgan fingerprint density at radius 3 is 2.76 bits per heavy atom. The molecule has 0 unspecified atom stereocenters. The quantitative estimate of drug-likeness (QED) is 0.931. The summed E-state index contributed by atoms with van der Waals surface area (Å²) in [6.45, 7) is 4.01. The van der Waals surface area contributed by atoms with E-state index in [2.05, 4.69) is 0 Å². The number of urea groups is 1. The first-order valence-electron chi connectivity index (χ1n) is 8.36. The molecule has 1 fully saturated rings. The fourth-order valence-electron chi connectivity index (χ4n) is 3.24. The lowest BCUT2D eigenvalue weighted by atomic mass is 10.1. The maximum absolute atomic E-state index is 12.9. The Labute approximate surface area is 146 Å². The van der Waals surface area contributed by atoms with Gasteiger partial charge in [-0.05, 0) is 54.8 Å². The number of carbonyl (C=O) groups excluding carboxylic acids is 1. The highest BCUT2D eigenvalue weighted by molar-refractivity contribution is 5.93. The number of aromatic hydroxyl groups is 1. The standard InChI is InChI=1S/C19H20N2O4/c1-13-9-15(4-5-16(13)22)21-8-2-7-20(19(21)23)11-14-3-6-17-18(10-14)25-12-24-17/h3-6,9-10,22H,2,7-8,11-12H2,1H3. The van der Waals surface area contributed by atoms with Crippen LogP contribution >= 0.6 is 0 Å². The minimum Gasteiger partial charge on any atom is -0.508 e. The van der Waals surface area contributed by atoms with Crippen molar-refractivity contribution in [1.29, 1.82) is 0 Å². The molecular weight excluding hydrogens is 320 g/mol. The van der Waals surface area contributed by atoms with E-state index in [4.69, 9.17) is 9.47 Å². The number of ether oxygens (including phenoxy) is 2. The Balaban J connectivity index is 1.52. The van der Waals surface area contributed by atoms with Crippen LogP contribution in [0.25, 0.3) is 0 Å². The molecule has 2 aromatic rings. The molecule has 6 nitrogen and oxygen atoms in total. The van der Waals surface area contributed by atoms with Gasteiger partial charge in [-0.1, -0.05) is 6.07 Å². The maximum atomic E-state index is 12.9. The molecule has 2 aliphatic heterocycles. The molecule has 0 bridgehead atoms. The van der Waals surface area contributed by atoms with Crippen molar-refractivity contribution in [2.24, 2.45) is 0 Å². The van der Waals surface area contributed by atoms with Crippen LogP contribution in [-0.2, 0) is 6.54 Å². The molecule has 0 saturated carbocycles. The van der Waals surface area contributed by atoms with Crippen molar-refractivity contribution < 1.29 is 19.4 Å². The number of fused-ring (bicyclic) bond motifs is 1. The van der Waals surface area contributed by atoms with E-state index in [1.165, 1.54) is 0 Å². The fourth-order valence-corrected chi connectivity index (χ4v) is 3.24. The third-order valence-corrected chi connectivity index (χ3v) is 4.61. The van der Waals surface area contributed by atoms with E-state index in [0.717, 1.165) is 41.3 Å². The van der Waals surface area contributed by atoms with Crippen LogP contribution in [0.4, 0.5) is 10.5 Å². The third-order valence-electron chi connectivity index (χ3n) is 4.61. The predicted octanol–water partition coefficient (Wildman–Crippen LogP) is 3.26. The largest absolute Gasteiger partial charge is 0.508 e. The van der Waals surface area contributed by atoms with E-state index < -0.39 is 0 Å². The van der Waals surface area contributed by atoms with Crippen LogP contribution in [-0.4, -0.2) is 35.9 Å². The summed E-state index contributed by atoms with van der Waals surface area (Å²) < 4.78 is 10.7. The Morgan fingerprint density at radius 1 is 1.08 bits per heavy atom. The topological polar surface area (TPSA) is 62.2 Å². The zero-order valence-electron chi connectivity index (χ0n) is 14.1. The number of phenolic OH excluding ortho intramolecular Hbond substituents is 1. The molecule has 2 amide bonds. The summed E-state index contributed by atoms with van der Waals surface area (Å²) in [5.74, 6) is 1.72. The maximum Gasteiger partial charge on any atom is 0.324 e. The number of rotatable bonds is 3. The van der Waals surface area contributed by atoms with Crippen molar-refractivity contribution in [3.63, 3.8) is 0 Å². The van der Waals surface area contributed by atoms with Gasteiger partial charge >= 0.3 is 6.03 Å². The lowest BCUT2D eigenvalue weighted by molar-refractivity contribution is 0.173. The highest BCUT2D eigenvalue weighted by atomic mass is 16.7. The van der Waals surface area contributed by atoms with Crippen molar-refractivity contribution in [3.05, 3.63) is 47.5 Å². The molecule has 2 aromatic carbocycles. The molecule has 4 rings (SSSR count). The van der Waals surface area contributed by atoms with E-state index in [1.54, 1.807) is 17.0 Å². The van der Waals surface area contributed by atoms with Crippen molar-refractivity contribution >= 4 is 11.7 Å². The molecular formula is C19H20N2O4. The number of anilines is 1. The molecule has 0 spiro atoms. The molecule has 2 heterocycles. The number of hydrogen-bond donors (Lipinski definition) is 1. The van der Waals surface area contributed by atoms with E-state index in [0.29, 0.717) is 13.1 Å². The van der Waals surface area contributed by atoms with Crippen LogP contribution in [0.2, 0.25) is 0 Å². The molecule has 1 N–H and O–H groups in total. The van der Waals surface area contributed by atoms with E-state index >= 15 is 0 Å². The number of carbonyl (C=O) groups is 1. The average molecular weight is 340 g/mol. The molecule has 25 heavy (non-hydrogen) atoms. The zero-order valence-corrected chi connectivity index (χ0v) is 14.1. The van der Waals surface area contributed by atoms with Gasteiger partial charge in [-0.2, -0.15) is 0 Å². The number of benzene rings is 2. The molecule has 6 heteroatoms. The highest BCUT2D eigenvalue weighted by Gasteiger charge is 2.27. The normalized spacial score (nSPS) is 16.4. The lowest BCUT2D eigenvalue weighted by Gasteiger charge is -2.36. The summed E-state index contributed by atoms with van der Waals surface area (Å²) >= 11 is 0. The van der Waals surface area contributed by atoms with Gasteiger partial charge in [0.05, 0.1) is 0 Å². The van der Waals surface area contributed by atoms with E-state index in [1.807, 2.05) is 36.1 Å². The second-order valence-corrected chi connectivity index (χ2v) is 6.37.